The third-order valence-electron chi connectivity index (χ3n) is 17.8. The van der Waals surface area contributed by atoms with Crippen molar-refractivity contribution in [3.63, 3.8) is 0 Å². The van der Waals surface area contributed by atoms with Gasteiger partial charge in [0, 0.05) is 19.4 Å². The molecule has 10 heteroatoms. The summed E-state index contributed by atoms with van der Waals surface area (Å²) in [6.45, 7) is 3.69. The molecule has 0 aromatic carbocycles. The molecule has 0 aliphatic heterocycles. The van der Waals surface area contributed by atoms with Crippen molar-refractivity contribution in [2.45, 2.75) is 405 Å². The highest BCUT2D eigenvalue weighted by molar-refractivity contribution is 7.47. The van der Waals surface area contributed by atoms with E-state index >= 15 is 0 Å². The quantitative estimate of drug-likeness (QED) is 0.0264. The molecule has 0 aliphatic carbocycles. The topological polar surface area (TPSA) is 134 Å². The molecule has 93 heavy (non-hydrogen) atoms. The first-order valence-electron chi connectivity index (χ1n) is 40.1. The number of esters is 2. The summed E-state index contributed by atoms with van der Waals surface area (Å²) in [6.07, 6.45) is 106. The SMILES string of the molecule is CC/C=C\C/C=C\C/C=C\C/C=C\C/C=C\C/C=C\CCCCCCCCCCCCCCCCC(=O)OC(COC(=O)CCCCCCCCCCCCCCCCCCCCCCCCCCCCC/C=C\CCCCCCCCCC)COP(=O)(O)OCCN. The molecule has 0 aromatic heterocycles. The molecule has 0 radical (unpaired) electrons. The summed E-state index contributed by atoms with van der Waals surface area (Å²) in [4.78, 5) is 35.5. The van der Waals surface area contributed by atoms with Crippen LogP contribution in [0.4, 0.5) is 0 Å². The fourth-order valence-electron chi connectivity index (χ4n) is 11.9. The number of hydrogen-bond donors (Lipinski definition) is 2. The number of allylic oxidation sites excluding steroid dienone is 14. The van der Waals surface area contributed by atoms with Crippen molar-refractivity contribution < 1.29 is 37.6 Å². The molecule has 542 valence electrons. The van der Waals surface area contributed by atoms with Crippen LogP contribution in [0.1, 0.15) is 399 Å². The number of unbranched alkanes of at least 4 members (excludes halogenated alkanes) is 49. The van der Waals surface area contributed by atoms with Gasteiger partial charge >= 0.3 is 19.8 Å². The summed E-state index contributed by atoms with van der Waals surface area (Å²) >= 11 is 0. The molecule has 0 amide bonds. The number of carbonyl (C=O) groups is 2. The third-order valence-corrected chi connectivity index (χ3v) is 18.7. The molecule has 0 saturated carbocycles. The number of carbonyl (C=O) groups excluding carboxylic acids is 2. The molecule has 9 nitrogen and oxygen atoms in total. The molecular formula is C83H152NO8P. The van der Waals surface area contributed by atoms with Crippen molar-refractivity contribution in [2.75, 3.05) is 26.4 Å². The van der Waals surface area contributed by atoms with Crippen LogP contribution in [0.3, 0.4) is 0 Å². The Morgan fingerprint density at radius 3 is 0.892 bits per heavy atom. The fourth-order valence-corrected chi connectivity index (χ4v) is 12.6. The Hall–Kier alpha value is -2.81. The minimum absolute atomic E-state index is 0.0528. The summed E-state index contributed by atoms with van der Waals surface area (Å²) in [5, 5.41) is 0. The Morgan fingerprint density at radius 2 is 0.591 bits per heavy atom. The monoisotopic (exact) mass is 1320 g/mol. The highest BCUT2D eigenvalue weighted by Gasteiger charge is 2.26. The smallest absolute Gasteiger partial charge is 0.462 e. The second kappa shape index (κ2) is 78.2. The van der Waals surface area contributed by atoms with Crippen molar-refractivity contribution in [1.29, 1.82) is 0 Å². The maximum Gasteiger partial charge on any atom is 0.472 e. The maximum atomic E-state index is 12.8. The minimum atomic E-state index is -4.40. The summed E-state index contributed by atoms with van der Waals surface area (Å²) < 4.78 is 33.3. The lowest BCUT2D eigenvalue weighted by molar-refractivity contribution is -0.161. The van der Waals surface area contributed by atoms with Gasteiger partial charge in [-0.05, 0) is 89.9 Å². The second-order valence-electron chi connectivity index (χ2n) is 26.9. The molecule has 0 heterocycles. The van der Waals surface area contributed by atoms with E-state index in [9.17, 15) is 19.0 Å². The fraction of sp³-hybridized carbons (Fsp3) is 0.807. The molecule has 2 unspecified atom stereocenters. The Labute approximate surface area is 576 Å². The highest BCUT2D eigenvalue weighted by atomic mass is 31.2. The lowest BCUT2D eigenvalue weighted by Crippen LogP contribution is -2.29. The molecule has 2 atom stereocenters. The number of ether oxygens (including phenoxy) is 2. The van der Waals surface area contributed by atoms with Gasteiger partial charge in [0.1, 0.15) is 6.61 Å². The van der Waals surface area contributed by atoms with Gasteiger partial charge in [-0.15, -0.1) is 0 Å². The summed E-state index contributed by atoms with van der Waals surface area (Å²) in [6, 6.07) is 0. The Morgan fingerprint density at radius 1 is 0.333 bits per heavy atom. The maximum absolute atomic E-state index is 12.8. The van der Waals surface area contributed by atoms with E-state index in [0.29, 0.717) is 6.42 Å². The molecule has 0 rings (SSSR count). The molecule has 0 fully saturated rings. The lowest BCUT2D eigenvalue weighted by Gasteiger charge is -2.19. The first-order chi connectivity index (χ1) is 45.8. The van der Waals surface area contributed by atoms with Gasteiger partial charge in [-0.2, -0.15) is 0 Å². The minimum Gasteiger partial charge on any atom is -0.462 e. The van der Waals surface area contributed by atoms with E-state index < -0.39 is 26.5 Å². The highest BCUT2D eigenvalue weighted by Crippen LogP contribution is 2.43. The zero-order valence-corrected chi connectivity index (χ0v) is 62.1. The van der Waals surface area contributed by atoms with Gasteiger partial charge in [-0.3, -0.25) is 18.6 Å². The average Bonchev–Trinajstić information content (AvgIpc) is 3.32. The Kier molecular flexibility index (Phi) is 75.8. The lowest BCUT2D eigenvalue weighted by atomic mass is 10.0. The molecule has 0 spiro atoms. The van der Waals surface area contributed by atoms with Gasteiger partial charge in [0.15, 0.2) is 6.10 Å². The first kappa shape index (κ1) is 90.2. The molecule has 0 saturated heterocycles. The van der Waals surface area contributed by atoms with Crippen molar-refractivity contribution in [3.05, 3.63) is 85.1 Å². The van der Waals surface area contributed by atoms with Crippen LogP contribution in [0.5, 0.6) is 0 Å². The van der Waals surface area contributed by atoms with E-state index in [-0.39, 0.29) is 38.6 Å². The van der Waals surface area contributed by atoms with E-state index in [1.807, 2.05) is 0 Å². The number of rotatable bonds is 76. The standard InChI is InChI=1S/C83H152NO8P/c1-3-5-7-9-11-13-15-17-19-21-23-25-27-29-31-33-35-37-38-39-40-41-42-44-45-47-49-51-53-55-57-59-61-63-65-67-69-71-73-75-82(85)89-79-81(80-91-93(87,88)90-78-77-84)92-83(86)76-74-72-70-68-66-64-62-60-58-56-54-52-50-48-46-43-36-34-32-30-28-26-24-22-20-18-16-14-12-10-8-6-4-2/h6,8,12,14,18,20-21,23-24,26,30,32,36,43,81H,3-5,7,9-11,13,15-17,19,22,25,27-29,31,33-35,37-42,44-80,84H2,1-2H3,(H,87,88)/b8-6-,14-12-,20-18-,23-21-,26-24-,32-30-,43-36-. The van der Waals surface area contributed by atoms with Crippen molar-refractivity contribution in [2.24, 2.45) is 5.73 Å². The summed E-state index contributed by atoms with van der Waals surface area (Å²) in [7, 11) is -4.40. The zero-order chi connectivity index (χ0) is 67.2. The van der Waals surface area contributed by atoms with Crippen LogP contribution in [0.2, 0.25) is 0 Å². The van der Waals surface area contributed by atoms with Crippen LogP contribution in [-0.4, -0.2) is 49.3 Å². The predicted octanol–water partition coefficient (Wildman–Crippen LogP) is 26.9. The number of phosphoric ester groups is 1. The van der Waals surface area contributed by atoms with Crippen molar-refractivity contribution in [1.82, 2.24) is 0 Å². The molecular weight excluding hydrogens is 1170 g/mol. The van der Waals surface area contributed by atoms with Gasteiger partial charge < -0.3 is 20.1 Å². The van der Waals surface area contributed by atoms with Crippen LogP contribution in [0.15, 0.2) is 85.1 Å². The van der Waals surface area contributed by atoms with E-state index in [1.54, 1.807) is 0 Å². The van der Waals surface area contributed by atoms with E-state index in [2.05, 4.69) is 98.9 Å². The molecule has 3 N–H and O–H groups in total. The van der Waals surface area contributed by atoms with E-state index in [4.69, 9.17) is 24.3 Å². The van der Waals surface area contributed by atoms with Gasteiger partial charge in [0.2, 0.25) is 0 Å². The van der Waals surface area contributed by atoms with Gasteiger partial charge in [-0.25, -0.2) is 4.57 Å². The van der Waals surface area contributed by atoms with Crippen LogP contribution in [0.25, 0.3) is 0 Å². The summed E-state index contributed by atoms with van der Waals surface area (Å²) in [5.41, 5.74) is 5.41. The molecule has 0 aliphatic rings. The van der Waals surface area contributed by atoms with Gasteiger partial charge in [-0.1, -0.05) is 381 Å². The predicted molar refractivity (Wildman–Crippen MR) is 404 cm³/mol. The van der Waals surface area contributed by atoms with Crippen LogP contribution >= 0.6 is 7.82 Å². The van der Waals surface area contributed by atoms with Crippen LogP contribution in [0, 0.1) is 0 Å². The normalized spacial score (nSPS) is 13.3. The number of phosphoric acid groups is 1. The van der Waals surface area contributed by atoms with Crippen LogP contribution in [-0.2, 0) is 32.7 Å². The summed E-state index contributed by atoms with van der Waals surface area (Å²) in [5.74, 6) is -0.812. The molecule has 0 aromatic rings. The van der Waals surface area contributed by atoms with Crippen molar-refractivity contribution >= 4 is 19.8 Å². The largest absolute Gasteiger partial charge is 0.472 e. The second-order valence-corrected chi connectivity index (χ2v) is 28.4. The van der Waals surface area contributed by atoms with Gasteiger partial charge in [0.25, 0.3) is 0 Å². The number of nitrogens with two attached hydrogens (primary N) is 1. The Balaban J connectivity index is 3.77. The third kappa shape index (κ3) is 78.1. The van der Waals surface area contributed by atoms with E-state index in [0.717, 1.165) is 77.0 Å². The Bertz CT molecular complexity index is 1810. The van der Waals surface area contributed by atoms with Gasteiger partial charge in [0.05, 0.1) is 13.2 Å². The van der Waals surface area contributed by atoms with Crippen molar-refractivity contribution in [3.8, 4) is 0 Å². The van der Waals surface area contributed by atoms with E-state index in [1.165, 1.54) is 289 Å². The zero-order valence-electron chi connectivity index (χ0n) is 61.2. The average molecular weight is 1320 g/mol. The molecule has 0 bridgehead atoms. The first-order valence-corrected chi connectivity index (χ1v) is 41.6. The number of hydrogen-bond acceptors (Lipinski definition) is 8. The van der Waals surface area contributed by atoms with Crippen LogP contribution < -0.4 is 5.73 Å².